The van der Waals surface area contributed by atoms with Crippen molar-refractivity contribution in [2.45, 2.75) is 104 Å². The van der Waals surface area contributed by atoms with Crippen molar-refractivity contribution in [1.82, 2.24) is 4.90 Å². The largest absolute Gasteiger partial charge is 0.457 e. The van der Waals surface area contributed by atoms with Crippen molar-refractivity contribution in [2.75, 3.05) is 19.8 Å². The highest BCUT2D eigenvalue weighted by Crippen LogP contribution is 2.46. The number of amides is 2. The van der Waals surface area contributed by atoms with Gasteiger partial charge >= 0.3 is 0 Å². The summed E-state index contributed by atoms with van der Waals surface area (Å²) in [6.07, 6.45) is 9.28. The van der Waals surface area contributed by atoms with Crippen molar-refractivity contribution in [3.05, 3.63) is 96.1 Å². The van der Waals surface area contributed by atoms with Crippen LogP contribution < -0.4 is 4.74 Å². The molecule has 0 N–H and O–H groups in total. The number of unbranched alkanes of at least 4 members (excludes halogenated alkanes) is 7. The SMILES string of the molecule is CC(C)OCCCCCC(=O)C(C)(C)OCCCCCCCCN1C(=O)c2ccc3c4cccc5c(Oc6ccccc6)ccc(c6ccc(c2c36)C1=O)c54. The van der Waals surface area contributed by atoms with E-state index in [1.807, 2.05) is 94.4 Å². The van der Waals surface area contributed by atoms with E-state index in [-0.39, 0.29) is 23.7 Å². The van der Waals surface area contributed by atoms with Crippen LogP contribution in [0.3, 0.4) is 0 Å². The van der Waals surface area contributed by atoms with E-state index in [1.165, 1.54) is 4.90 Å². The van der Waals surface area contributed by atoms with Crippen molar-refractivity contribution in [1.29, 1.82) is 0 Å². The number of imide groups is 1. The first-order chi connectivity index (χ1) is 26.7. The van der Waals surface area contributed by atoms with Gasteiger partial charge in [0.25, 0.3) is 11.8 Å². The van der Waals surface area contributed by atoms with Crippen LogP contribution in [0.5, 0.6) is 11.5 Å². The number of hydrogen-bond donors (Lipinski definition) is 0. The second-order valence-electron chi connectivity index (χ2n) is 15.7. The molecule has 6 aromatic rings. The molecule has 7 rings (SSSR count). The van der Waals surface area contributed by atoms with E-state index in [2.05, 4.69) is 18.2 Å². The van der Waals surface area contributed by atoms with Crippen molar-refractivity contribution in [3.63, 3.8) is 0 Å². The Labute approximate surface area is 324 Å². The molecule has 0 aromatic heterocycles. The van der Waals surface area contributed by atoms with Crippen LogP contribution >= 0.6 is 0 Å². The lowest BCUT2D eigenvalue weighted by Crippen LogP contribution is -2.40. The Balaban J connectivity index is 0.933. The minimum atomic E-state index is -0.758. The van der Waals surface area contributed by atoms with Crippen LogP contribution in [0.4, 0.5) is 0 Å². The summed E-state index contributed by atoms with van der Waals surface area (Å²) in [4.78, 5) is 42.0. The number of ketones is 1. The molecule has 7 nitrogen and oxygen atoms in total. The number of fused-ring (bicyclic) bond motifs is 2. The van der Waals surface area contributed by atoms with Gasteiger partial charge in [-0.2, -0.15) is 0 Å². The summed E-state index contributed by atoms with van der Waals surface area (Å²) in [6, 6.07) is 28.1. The second-order valence-corrected chi connectivity index (χ2v) is 15.7. The number of para-hydroxylation sites is 1. The maximum Gasteiger partial charge on any atom is 0.261 e. The summed E-state index contributed by atoms with van der Waals surface area (Å²) in [5, 5.41) is 8.05. The van der Waals surface area contributed by atoms with E-state index >= 15 is 0 Å². The highest BCUT2D eigenvalue weighted by Gasteiger charge is 2.34. The quantitative estimate of drug-likeness (QED) is 0.0335. The molecule has 0 aliphatic carbocycles. The maximum atomic E-state index is 13.9. The van der Waals surface area contributed by atoms with Gasteiger partial charge in [-0.3, -0.25) is 19.3 Å². The zero-order valence-corrected chi connectivity index (χ0v) is 32.7. The number of ether oxygens (including phenoxy) is 3. The van der Waals surface area contributed by atoms with Crippen LogP contribution in [0.25, 0.3) is 43.1 Å². The highest BCUT2D eigenvalue weighted by atomic mass is 16.5. The third-order valence-corrected chi connectivity index (χ3v) is 11.1. The Hall–Kier alpha value is -4.85. The fourth-order valence-corrected chi connectivity index (χ4v) is 8.09. The number of rotatable bonds is 20. The number of hydrogen-bond acceptors (Lipinski definition) is 6. The Morgan fingerprint density at radius 2 is 1.18 bits per heavy atom. The summed E-state index contributed by atoms with van der Waals surface area (Å²) in [7, 11) is 0. The lowest BCUT2D eigenvalue weighted by Gasteiger charge is -2.28. The van der Waals surface area contributed by atoms with E-state index in [0.717, 1.165) is 119 Å². The normalized spacial score (nSPS) is 13.4. The van der Waals surface area contributed by atoms with Crippen molar-refractivity contribution >= 4 is 60.7 Å². The van der Waals surface area contributed by atoms with Crippen LogP contribution in [0.1, 0.15) is 113 Å². The first-order valence-electron chi connectivity index (χ1n) is 20.2. The monoisotopic (exact) mass is 739 g/mol. The molecule has 0 fully saturated rings. The molecule has 0 saturated heterocycles. The topological polar surface area (TPSA) is 82.1 Å². The van der Waals surface area contributed by atoms with Crippen LogP contribution in [0.2, 0.25) is 0 Å². The summed E-state index contributed by atoms with van der Waals surface area (Å²) in [5.74, 6) is 1.29. The van der Waals surface area contributed by atoms with Gasteiger partial charge in [0.2, 0.25) is 0 Å². The Morgan fingerprint density at radius 3 is 1.89 bits per heavy atom. The van der Waals surface area contributed by atoms with Gasteiger partial charge in [0.05, 0.1) is 6.10 Å². The molecule has 1 heterocycles. The smallest absolute Gasteiger partial charge is 0.261 e. The summed E-state index contributed by atoms with van der Waals surface area (Å²) >= 11 is 0. The Kier molecular flexibility index (Phi) is 11.8. The van der Waals surface area contributed by atoms with E-state index in [4.69, 9.17) is 14.2 Å². The molecule has 0 spiro atoms. The molecular weight excluding hydrogens is 687 g/mol. The fraction of sp³-hybridized carbons (Fsp3) is 0.396. The number of benzene rings is 6. The van der Waals surface area contributed by atoms with Gasteiger partial charge in [0, 0.05) is 53.5 Å². The molecule has 55 heavy (non-hydrogen) atoms. The molecule has 1 aliphatic heterocycles. The average molecular weight is 740 g/mol. The number of nitrogens with zero attached hydrogens (tertiary/aromatic N) is 1. The van der Waals surface area contributed by atoms with Gasteiger partial charge in [-0.25, -0.2) is 0 Å². The van der Waals surface area contributed by atoms with Crippen molar-refractivity contribution in [2.24, 2.45) is 0 Å². The number of carbonyl (C=O) groups is 3. The zero-order chi connectivity index (χ0) is 38.5. The Morgan fingerprint density at radius 1 is 0.600 bits per heavy atom. The molecule has 0 saturated carbocycles. The van der Waals surface area contributed by atoms with E-state index in [9.17, 15) is 14.4 Å². The second kappa shape index (κ2) is 16.9. The Bertz CT molecular complexity index is 2240. The van der Waals surface area contributed by atoms with Gasteiger partial charge in [-0.1, -0.05) is 80.6 Å². The third kappa shape index (κ3) is 8.10. The first-order valence-corrected chi connectivity index (χ1v) is 20.2. The molecule has 7 heteroatoms. The molecule has 0 bridgehead atoms. The molecule has 1 aliphatic rings. The predicted molar refractivity (Wildman–Crippen MR) is 222 cm³/mol. The molecule has 0 unspecified atom stereocenters. The number of Topliss-reactive ketones (excluding diaryl/α,β-unsaturated/α-hetero) is 1. The minimum Gasteiger partial charge on any atom is -0.457 e. The van der Waals surface area contributed by atoms with Crippen LogP contribution in [0, 0.1) is 0 Å². The van der Waals surface area contributed by atoms with Gasteiger partial charge in [-0.15, -0.1) is 0 Å². The average Bonchev–Trinajstić information content (AvgIpc) is 3.18. The molecule has 0 radical (unpaired) electrons. The summed E-state index contributed by atoms with van der Waals surface area (Å²) in [5.41, 5.74) is 0.422. The highest BCUT2D eigenvalue weighted by molar-refractivity contribution is 6.38. The molecule has 6 aromatic carbocycles. The van der Waals surface area contributed by atoms with Gasteiger partial charge < -0.3 is 14.2 Å². The standard InChI is InChI=1S/C48H53NO6/c1-32(2)53-30-15-10-13-22-42(50)48(3,4)54-31-16-8-6-5-7-14-29-49-46(51)39-25-23-36-34-20-17-21-38-41(55-33-18-11-9-12-19-33)28-27-35(43(34)38)37-24-26-40(47(49)52)45(39)44(36)37/h9,11-12,17-21,23-28,32H,5-8,10,13-16,22,29-31H2,1-4H3. The first kappa shape index (κ1) is 38.4. The fourth-order valence-electron chi connectivity index (χ4n) is 8.09. The van der Waals surface area contributed by atoms with Gasteiger partial charge in [0.15, 0.2) is 5.78 Å². The lowest BCUT2D eigenvalue weighted by molar-refractivity contribution is -0.140. The molecule has 286 valence electrons. The number of carbonyl (C=O) groups excluding carboxylic acids is 3. The lowest BCUT2D eigenvalue weighted by atomic mass is 9.84. The summed E-state index contributed by atoms with van der Waals surface area (Å²) in [6.45, 7) is 9.54. The molecular formula is C48H53NO6. The van der Waals surface area contributed by atoms with Gasteiger partial charge in [-0.05, 0) is 117 Å². The summed E-state index contributed by atoms with van der Waals surface area (Å²) < 4.78 is 17.9. The van der Waals surface area contributed by atoms with E-state index in [1.54, 1.807) is 0 Å². The molecule has 2 amide bonds. The zero-order valence-electron chi connectivity index (χ0n) is 32.7. The van der Waals surface area contributed by atoms with E-state index in [0.29, 0.717) is 30.7 Å². The molecule has 0 atom stereocenters. The minimum absolute atomic E-state index is 0.161. The van der Waals surface area contributed by atoms with Crippen LogP contribution in [0.15, 0.2) is 84.9 Å². The predicted octanol–water partition coefficient (Wildman–Crippen LogP) is 11.8. The van der Waals surface area contributed by atoms with E-state index < -0.39 is 5.60 Å². The van der Waals surface area contributed by atoms with Gasteiger partial charge in [0.1, 0.15) is 17.1 Å². The van der Waals surface area contributed by atoms with Crippen LogP contribution in [-0.4, -0.2) is 54.0 Å². The van der Waals surface area contributed by atoms with Crippen molar-refractivity contribution in [3.8, 4) is 11.5 Å². The van der Waals surface area contributed by atoms with Crippen molar-refractivity contribution < 1.29 is 28.6 Å². The third-order valence-electron chi connectivity index (χ3n) is 11.1. The van der Waals surface area contributed by atoms with Crippen LogP contribution in [-0.2, 0) is 14.3 Å². The maximum absolute atomic E-state index is 13.9.